The highest BCUT2D eigenvalue weighted by Crippen LogP contribution is 2.37. The number of fused-ring (bicyclic) bond motifs is 1. The topological polar surface area (TPSA) is 46.6 Å². The van der Waals surface area contributed by atoms with Crippen LogP contribution in [0.2, 0.25) is 10.0 Å². The lowest BCUT2D eigenvalue weighted by molar-refractivity contribution is -0.121. The van der Waals surface area contributed by atoms with Gasteiger partial charge in [0.15, 0.2) is 6.61 Å². The van der Waals surface area contributed by atoms with E-state index in [-0.39, 0.29) is 23.1 Å². The van der Waals surface area contributed by atoms with Crippen LogP contribution in [0.25, 0.3) is 0 Å². The lowest BCUT2D eigenvalue weighted by Crippen LogP contribution is -2.35. The number of hydrogen-bond donors (Lipinski definition) is 0. The number of anilines is 1. The predicted octanol–water partition coefficient (Wildman–Crippen LogP) is 5.07. The lowest BCUT2D eigenvalue weighted by Gasteiger charge is -2.22. The Bertz CT molecular complexity index is 843. The molecule has 1 aliphatic heterocycles. The second-order valence-electron chi connectivity index (χ2n) is 5.94. The molecule has 0 fully saturated rings. The molecule has 2 aromatic carbocycles. The molecule has 0 saturated heterocycles. The Morgan fingerprint density at radius 2 is 1.96 bits per heavy atom. The first-order valence-electron chi connectivity index (χ1n) is 8.14. The molecule has 0 saturated carbocycles. The van der Waals surface area contributed by atoms with Gasteiger partial charge in [-0.15, -0.1) is 11.8 Å². The Morgan fingerprint density at radius 1 is 1.19 bits per heavy atom. The third-order valence-electron chi connectivity index (χ3n) is 4.03. The van der Waals surface area contributed by atoms with E-state index in [4.69, 9.17) is 27.9 Å². The van der Waals surface area contributed by atoms with Crippen molar-refractivity contribution in [3.05, 3.63) is 58.1 Å². The molecule has 1 atom stereocenters. The summed E-state index contributed by atoms with van der Waals surface area (Å²) in [5.41, 5.74) is 1.12. The summed E-state index contributed by atoms with van der Waals surface area (Å²) in [5.74, 6) is -0.858. The molecule has 1 heterocycles. The number of thioether (sulfide) groups is 1. The molecule has 1 amide bonds. The van der Waals surface area contributed by atoms with Crippen LogP contribution in [0, 0.1) is 0 Å². The summed E-state index contributed by atoms with van der Waals surface area (Å²) in [6.45, 7) is 2.40. The van der Waals surface area contributed by atoms with Crippen molar-refractivity contribution in [1.29, 1.82) is 0 Å². The van der Waals surface area contributed by atoms with Crippen molar-refractivity contribution in [1.82, 2.24) is 0 Å². The van der Waals surface area contributed by atoms with Crippen LogP contribution >= 0.6 is 35.0 Å². The zero-order chi connectivity index (χ0) is 18.7. The summed E-state index contributed by atoms with van der Waals surface area (Å²) < 4.78 is 5.18. The average Bonchev–Trinajstić information content (AvgIpc) is 2.80. The van der Waals surface area contributed by atoms with Gasteiger partial charge >= 0.3 is 5.97 Å². The van der Waals surface area contributed by atoms with Crippen molar-refractivity contribution in [2.24, 2.45) is 0 Å². The van der Waals surface area contributed by atoms with Crippen LogP contribution in [0.3, 0.4) is 0 Å². The van der Waals surface area contributed by atoms with Crippen molar-refractivity contribution in [3.63, 3.8) is 0 Å². The van der Waals surface area contributed by atoms with E-state index >= 15 is 0 Å². The first-order valence-corrected chi connectivity index (χ1v) is 9.77. The van der Waals surface area contributed by atoms with Gasteiger partial charge in [-0.05, 0) is 36.8 Å². The van der Waals surface area contributed by atoms with Gasteiger partial charge in [-0.3, -0.25) is 4.79 Å². The molecule has 136 valence electrons. The van der Waals surface area contributed by atoms with Crippen molar-refractivity contribution < 1.29 is 14.3 Å². The third kappa shape index (κ3) is 4.34. The molecule has 0 N–H and O–H groups in total. The normalized spacial score (nSPS) is 16.6. The Hall–Kier alpha value is -1.69. The minimum absolute atomic E-state index is 0.249. The smallest absolute Gasteiger partial charge is 0.338 e. The van der Waals surface area contributed by atoms with E-state index < -0.39 is 5.97 Å². The number of rotatable bonds is 3. The zero-order valence-corrected chi connectivity index (χ0v) is 16.4. The van der Waals surface area contributed by atoms with Gasteiger partial charge in [0.2, 0.25) is 0 Å². The number of esters is 1. The zero-order valence-electron chi connectivity index (χ0n) is 14.1. The van der Waals surface area contributed by atoms with Gasteiger partial charge in [-0.2, -0.15) is 0 Å². The van der Waals surface area contributed by atoms with Crippen molar-refractivity contribution in [3.8, 4) is 0 Å². The highest BCUT2D eigenvalue weighted by atomic mass is 35.5. The fourth-order valence-corrected chi connectivity index (χ4v) is 4.07. The monoisotopic (exact) mass is 409 g/mol. The highest BCUT2D eigenvalue weighted by molar-refractivity contribution is 8.00. The quantitative estimate of drug-likeness (QED) is 0.663. The van der Waals surface area contributed by atoms with Gasteiger partial charge < -0.3 is 9.64 Å². The standard InChI is InChI=1S/C19H17Cl2NO3S/c1-12-8-9-22(16-4-2-3-5-17(16)26-12)18(23)11-25-19(24)13-6-7-14(20)15(21)10-13/h2-7,10,12H,8-9,11H2,1H3/t12-/m0/s1. The molecule has 4 nitrogen and oxygen atoms in total. The van der Waals surface area contributed by atoms with Crippen molar-refractivity contribution >= 4 is 52.5 Å². The fraction of sp³-hybridized carbons (Fsp3) is 0.263. The molecule has 26 heavy (non-hydrogen) atoms. The molecule has 0 bridgehead atoms. The van der Waals surface area contributed by atoms with Gasteiger partial charge in [0.05, 0.1) is 21.3 Å². The van der Waals surface area contributed by atoms with E-state index in [0.717, 1.165) is 17.0 Å². The summed E-state index contributed by atoms with van der Waals surface area (Å²) in [6.07, 6.45) is 0.867. The maximum Gasteiger partial charge on any atom is 0.338 e. The Balaban J connectivity index is 1.70. The Kier molecular flexibility index (Phi) is 6.12. The number of amides is 1. The van der Waals surface area contributed by atoms with E-state index in [1.165, 1.54) is 18.2 Å². The van der Waals surface area contributed by atoms with E-state index in [2.05, 4.69) is 6.92 Å². The van der Waals surface area contributed by atoms with E-state index in [0.29, 0.717) is 16.8 Å². The van der Waals surface area contributed by atoms with Crippen molar-refractivity contribution in [2.75, 3.05) is 18.1 Å². The predicted molar refractivity (Wildman–Crippen MR) is 105 cm³/mol. The van der Waals surface area contributed by atoms with E-state index in [1.54, 1.807) is 16.7 Å². The summed E-state index contributed by atoms with van der Waals surface area (Å²) in [4.78, 5) is 27.6. The third-order valence-corrected chi connectivity index (χ3v) is 6.00. The average molecular weight is 410 g/mol. The van der Waals surface area contributed by atoms with Crippen LogP contribution in [0.4, 0.5) is 5.69 Å². The maximum absolute atomic E-state index is 12.7. The molecule has 2 aromatic rings. The van der Waals surface area contributed by atoms with E-state index in [1.807, 2.05) is 24.3 Å². The second kappa shape index (κ2) is 8.33. The molecule has 0 aliphatic carbocycles. The molecule has 0 unspecified atom stereocenters. The summed E-state index contributed by atoms with van der Waals surface area (Å²) >= 11 is 13.5. The molecule has 1 aliphatic rings. The minimum atomic E-state index is -0.609. The summed E-state index contributed by atoms with van der Waals surface area (Å²) in [5, 5.41) is 1.03. The molecular formula is C19H17Cl2NO3S. The molecule has 0 spiro atoms. The Labute approximate surface area is 166 Å². The van der Waals surface area contributed by atoms with Crippen LogP contribution in [0.1, 0.15) is 23.7 Å². The highest BCUT2D eigenvalue weighted by Gasteiger charge is 2.25. The first kappa shape index (κ1) is 19.1. The summed E-state index contributed by atoms with van der Waals surface area (Å²) in [7, 11) is 0. The van der Waals surface area contributed by atoms with Gasteiger partial charge in [0.1, 0.15) is 0 Å². The number of carbonyl (C=O) groups is 2. The Morgan fingerprint density at radius 3 is 2.73 bits per heavy atom. The van der Waals surface area contributed by atoms with Crippen LogP contribution in [0.15, 0.2) is 47.4 Å². The van der Waals surface area contributed by atoms with E-state index in [9.17, 15) is 9.59 Å². The molecule has 0 radical (unpaired) electrons. The van der Waals surface area contributed by atoms with Crippen LogP contribution in [-0.2, 0) is 9.53 Å². The molecule has 0 aromatic heterocycles. The van der Waals surface area contributed by atoms with Gasteiger partial charge in [-0.25, -0.2) is 4.79 Å². The number of para-hydroxylation sites is 1. The van der Waals surface area contributed by atoms with Gasteiger partial charge in [0.25, 0.3) is 5.91 Å². The minimum Gasteiger partial charge on any atom is -0.452 e. The van der Waals surface area contributed by atoms with Gasteiger partial charge in [0, 0.05) is 16.7 Å². The number of nitrogens with zero attached hydrogens (tertiary/aromatic N) is 1. The van der Waals surface area contributed by atoms with Crippen LogP contribution in [0.5, 0.6) is 0 Å². The maximum atomic E-state index is 12.7. The number of hydrogen-bond acceptors (Lipinski definition) is 4. The van der Waals surface area contributed by atoms with Crippen LogP contribution < -0.4 is 4.90 Å². The number of benzene rings is 2. The number of carbonyl (C=O) groups excluding carboxylic acids is 2. The fourth-order valence-electron chi connectivity index (χ4n) is 2.66. The largest absolute Gasteiger partial charge is 0.452 e. The number of halogens is 2. The SMILES string of the molecule is C[C@H]1CCN(C(=O)COC(=O)c2ccc(Cl)c(Cl)c2)c2ccccc2S1. The van der Waals surface area contributed by atoms with Gasteiger partial charge in [-0.1, -0.05) is 42.3 Å². The summed E-state index contributed by atoms with van der Waals surface area (Å²) in [6, 6.07) is 12.2. The van der Waals surface area contributed by atoms with Crippen LogP contribution in [-0.4, -0.2) is 30.3 Å². The first-order chi connectivity index (χ1) is 12.5. The molecular weight excluding hydrogens is 393 g/mol. The molecule has 3 rings (SSSR count). The second-order valence-corrected chi connectivity index (χ2v) is 8.23. The number of ether oxygens (including phenoxy) is 1. The lowest BCUT2D eigenvalue weighted by atomic mass is 10.2. The van der Waals surface area contributed by atoms with Crippen molar-refractivity contribution in [2.45, 2.75) is 23.5 Å². The molecule has 7 heteroatoms.